The van der Waals surface area contributed by atoms with Gasteiger partial charge in [0.25, 0.3) is 0 Å². The van der Waals surface area contributed by atoms with Gasteiger partial charge in [-0.05, 0) is 55.3 Å². The fourth-order valence-corrected chi connectivity index (χ4v) is 4.27. The summed E-state index contributed by atoms with van der Waals surface area (Å²) in [5, 5.41) is 13.4. The Morgan fingerprint density at radius 3 is 2.71 bits per heavy atom. The van der Waals surface area contributed by atoms with Gasteiger partial charge in [-0.3, -0.25) is 15.1 Å². The topological polar surface area (TPSA) is 95.4 Å². The van der Waals surface area contributed by atoms with Crippen molar-refractivity contribution < 1.29 is 4.42 Å². The van der Waals surface area contributed by atoms with Gasteiger partial charge in [0.15, 0.2) is 0 Å². The van der Waals surface area contributed by atoms with Crippen molar-refractivity contribution in [2.45, 2.75) is 26.3 Å². The standard InChI is InChI=1S/C27H24N6O/c1-3-16(2)30-20-10-19(13-28-14-20)17-4-5-24-21(11-17)27(33-32-24)25-12-22-23(31-25)6-8-29-26(22)18-7-9-34-15-18/h4-16,30-31H,3H2,1-2H3,(H,32,33). The molecule has 1 unspecified atom stereocenters. The van der Waals surface area contributed by atoms with Crippen LogP contribution in [0.2, 0.25) is 0 Å². The molecule has 5 heterocycles. The number of benzene rings is 1. The van der Waals surface area contributed by atoms with Gasteiger partial charge in [0.2, 0.25) is 0 Å². The Morgan fingerprint density at radius 2 is 1.85 bits per heavy atom. The fourth-order valence-electron chi connectivity index (χ4n) is 4.27. The summed E-state index contributed by atoms with van der Waals surface area (Å²) in [6.07, 6.45) is 10.00. The first kappa shape index (κ1) is 20.2. The third kappa shape index (κ3) is 3.51. The molecular formula is C27H24N6O. The van der Waals surface area contributed by atoms with Crippen molar-refractivity contribution in [2.75, 3.05) is 5.32 Å². The first-order valence-corrected chi connectivity index (χ1v) is 11.4. The minimum atomic E-state index is 0.392. The number of hydrogen-bond acceptors (Lipinski definition) is 5. The zero-order valence-electron chi connectivity index (χ0n) is 19.0. The first-order valence-electron chi connectivity index (χ1n) is 11.4. The van der Waals surface area contributed by atoms with Gasteiger partial charge in [-0.1, -0.05) is 13.0 Å². The Kier molecular flexibility index (Phi) is 4.87. The van der Waals surface area contributed by atoms with E-state index in [1.165, 1.54) is 0 Å². The second kappa shape index (κ2) is 8.19. The SMILES string of the molecule is CCC(C)Nc1cncc(-c2ccc3[nH]nc(-c4cc5c(-c6ccoc6)nccc5[nH]4)c3c2)c1. The number of aromatic amines is 2. The molecule has 0 saturated carbocycles. The third-order valence-corrected chi connectivity index (χ3v) is 6.26. The Hall–Kier alpha value is -4.39. The molecule has 0 spiro atoms. The van der Waals surface area contributed by atoms with Crippen LogP contribution in [0.5, 0.6) is 0 Å². The van der Waals surface area contributed by atoms with Crippen LogP contribution >= 0.6 is 0 Å². The zero-order valence-corrected chi connectivity index (χ0v) is 19.0. The van der Waals surface area contributed by atoms with Crippen LogP contribution < -0.4 is 5.32 Å². The van der Waals surface area contributed by atoms with Gasteiger partial charge in [-0.25, -0.2) is 0 Å². The second-order valence-electron chi connectivity index (χ2n) is 8.56. The smallest absolute Gasteiger partial charge is 0.116 e. The van der Waals surface area contributed by atoms with E-state index in [-0.39, 0.29) is 0 Å². The van der Waals surface area contributed by atoms with Gasteiger partial charge < -0.3 is 14.7 Å². The molecule has 0 fully saturated rings. The lowest BCUT2D eigenvalue weighted by atomic mass is 10.0. The van der Waals surface area contributed by atoms with Crippen LogP contribution in [0.4, 0.5) is 5.69 Å². The van der Waals surface area contributed by atoms with Crippen molar-refractivity contribution in [3.8, 4) is 33.8 Å². The van der Waals surface area contributed by atoms with Gasteiger partial charge in [0.1, 0.15) is 5.69 Å². The van der Waals surface area contributed by atoms with E-state index in [1.807, 2.05) is 24.5 Å². The summed E-state index contributed by atoms with van der Waals surface area (Å²) in [4.78, 5) is 12.5. The first-order chi connectivity index (χ1) is 16.7. The summed E-state index contributed by atoms with van der Waals surface area (Å²) in [6, 6.07) is 14.9. The lowest BCUT2D eigenvalue weighted by Crippen LogP contribution is -2.13. The number of aromatic nitrogens is 5. The van der Waals surface area contributed by atoms with Gasteiger partial charge in [-0.15, -0.1) is 0 Å². The second-order valence-corrected chi connectivity index (χ2v) is 8.56. The average molecular weight is 449 g/mol. The molecule has 0 radical (unpaired) electrons. The van der Waals surface area contributed by atoms with Crippen LogP contribution in [0.3, 0.4) is 0 Å². The quantitative estimate of drug-likeness (QED) is 0.265. The van der Waals surface area contributed by atoms with Crippen LogP contribution in [-0.2, 0) is 0 Å². The van der Waals surface area contributed by atoms with Gasteiger partial charge in [0, 0.05) is 52.0 Å². The number of nitrogens with zero attached hydrogens (tertiary/aromatic N) is 3. The van der Waals surface area contributed by atoms with Crippen molar-refractivity contribution >= 4 is 27.5 Å². The molecule has 0 aliphatic heterocycles. The van der Waals surface area contributed by atoms with E-state index in [1.54, 1.807) is 18.7 Å². The van der Waals surface area contributed by atoms with Gasteiger partial charge in [-0.2, -0.15) is 5.10 Å². The summed E-state index contributed by atoms with van der Waals surface area (Å²) >= 11 is 0. The lowest BCUT2D eigenvalue weighted by molar-refractivity contribution is 0.568. The van der Waals surface area contributed by atoms with E-state index in [0.717, 1.165) is 67.7 Å². The summed E-state index contributed by atoms with van der Waals surface area (Å²) in [7, 11) is 0. The van der Waals surface area contributed by atoms with Crippen LogP contribution in [0.25, 0.3) is 55.6 Å². The molecule has 7 nitrogen and oxygen atoms in total. The molecule has 6 aromatic rings. The molecule has 0 amide bonds. The molecule has 1 atom stereocenters. The molecule has 0 saturated heterocycles. The Labute approximate surface area is 196 Å². The number of H-pyrrole nitrogens is 2. The summed E-state index contributed by atoms with van der Waals surface area (Å²) in [5.41, 5.74) is 8.78. The highest BCUT2D eigenvalue weighted by Crippen LogP contribution is 2.34. The normalized spacial score (nSPS) is 12.4. The number of fused-ring (bicyclic) bond motifs is 2. The monoisotopic (exact) mass is 448 g/mol. The van der Waals surface area contributed by atoms with E-state index < -0.39 is 0 Å². The number of hydrogen-bond donors (Lipinski definition) is 3. The molecule has 0 bridgehead atoms. The average Bonchev–Trinajstić information content (AvgIpc) is 3.62. The molecule has 0 aliphatic carbocycles. The molecule has 168 valence electrons. The van der Waals surface area contributed by atoms with Crippen LogP contribution in [0.15, 0.2) is 78.0 Å². The summed E-state index contributed by atoms with van der Waals surface area (Å²) in [5.74, 6) is 0. The largest absolute Gasteiger partial charge is 0.472 e. The number of nitrogens with one attached hydrogen (secondary N) is 3. The molecule has 34 heavy (non-hydrogen) atoms. The van der Waals surface area contributed by atoms with Gasteiger partial charge >= 0.3 is 0 Å². The molecule has 6 rings (SSSR count). The van der Waals surface area contributed by atoms with Crippen molar-refractivity contribution in [3.63, 3.8) is 0 Å². The van der Waals surface area contributed by atoms with Crippen LogP contribution in [0, 0.1) is 0 Å². The molecule has 0 aliphatic rings. The van der Waals surface area contributed by atoms with Gasteiger partial charge in [0.05, 0.1) is 35.1 Å². The maximum atomic E-state index is 5.27. The Balaban J connectivity index is 1.43. The maximum Gasteiger partial charge on any atom is 0.116 e. The lowest BCUT2D eigenvalue weighted by Gasteiger charge is -2.13. The zero-order chi connectivity index (χ0) is 23.1. The van der Waals surface area contributed by atoms with Crippen LogP contribution in [-0.4, -0.2) is 31.2 Å². The highest BCUT2D eigenvalue weighted by atomic mass is 16.3. The van der Waals surface area contributed by atoms with Crippen molar-refractivity contribution in [1.82, 2.24) is 25.1 Å². The van der Waals surface area contributed by atoms with E-state index in [4.69, 9.17) is 4.42 Å². The van der Waals surface area contributed by atoms with Crippen molar-refractivity contribution in [2.24, 2.45) is 0 Å². The highest BCUT2D eigenvalue weighted by Gasteiger charge is 2.15. The maximum absolute atomic E-state index is 5.27. The minimum Gasteiger partial charge on any atom is -0.472 e. The van der Waals surface area contributed by atoms with E-state index >= 15 is 0 Å². The fraction of sp³-hybridized carbons (Fsp3) is 0.148. The Bertz CT molecular complexity index is 1590. The Morgan fingerprint density at radius 1 is 0.941 bits per heavy atom. The highest BCUT2D eigenvalue weighted by molar-refractivity contribution is 6.00. The van der Waals surface area contributed by atoms with E-state index in [9.17, 15) is 0 Å². The third-order valence-electron chi connectivity index (χ3n) is 6.26. The number of pyridine rings is 2. The molecule has 3 N–H and O–H groups in total. The number of furan rings is 1. The summed E-state index contributed by atoms with van der Waals surface area (Å²) in [6.45, 7) is 4.34. The van der Waals surface area contributed by atoms with E-state index in [0.29, 0.717) is 6.04 Å². The van der Waals surface area contributed by atoms with E-state index in [2.05, 4.69) is 74.6 Å². The molecular weight excluding hydrogens is 424 g/mol. The number of anilines is 1. The molecule has 5 aromatic heterocycles. The summed E-state index contributed by atoms with van der Waals surface area (Å²) < 4.78 is 5.27. The van der Waals surface area contributed by atoms with Crippen molar-refractivity contribution in [1.29, 1.82) is 0 Å². The predicted octanol–water partition coefficient (Wildman–Crippen LogP) is 6.64. The predicted molar refractivity (Wildman–Crippen MR) is 135 cm³/mol. The van der Waals surface area contributed by atoms with Crippen LogP contribution in [0.1, 0.15) is 20.3 Å². The molecule has 7 heteroatoms. The van der Waals surface area contributed by atoms with Crippen molar-refractivity contribution in [3.05, 3.63) is 73.6 Å². The minimum absolute atomic E-state index is 0.392. The number of rotatable bonds is 6. The molecule has 1 aromatic carbocycles.